The Morgan fingerprint density at radius 2 is 1.70 bits per heavy atom. The summed E-state index contributed by atoms with van der Waals surface area (Å²) in [5, 5.41) is 11.1. The number of thiocarbonyl (C=S) groups is 1. The minimum Gasteiger partial charge on any atom is -0.288 e. The van der Waals surface area contributed by atoms with Gasteiger partial charge in [-0.15, -0.1) is 0 Å². The summed E-state index contributed by atoms with van der Waals surface area (Å²) in [6.07, 6.45) is 4.23. The molecule has 8 heteroatoms. The van der Waals surface area contributed by atoms with Gasteiger partial charge in [-0.3, -0.25) is 29.5 Å². The normalized spacial score (nSPS) is 15.6. The predicted molar refractivity (Wildman–Crippen MR) is 88.4 cm³/mol. The Hall–Kier alpha value is -2.87. The highest BCUT2D eigenvalue weighted by Gasteiger charge is 2.34. The zero-order valence-electron chi connectivity index (χ0n) is 12.4. The highest BCUT2D eigenvalue weighted by Crippen LogP contribution is 2.20. The zero-order chi connectivity index (χ0) is 17.1. The third kappa shape index (κ3) is 3.16. The van der Waals surface area contributed by atoms with E-state index in [1.807, 2.05) is 0 Å². The van der Waals surface area contributed by atoms with Crippen LogP contribution < -0.4 is 0 Å². The molecule has 0 aromatic heterocycles. The molecule has 0 unspecified atom stereocenters. The molecule has 0 bridgehead atoms. The molecular weight excluding hydrogens is 318 g/mol. The standard InChI is InChI=1S/C15H13N3O4S/c1-16-13(19)11(14(20)17(2)15(16)23)8-5-7-10-6-3-4-9-12(10)18(21)22/h3-9H,1-2H3. The largest absolute Gasteiger partial charge is 0.288 e. The van der Waals surface area contributed by atoms with Gasteiger partial charge in [-0.2, -0.15) is 0 Å². The number of nitro groups is 1. The van der Waals surface area contributed by atoms with Crippen molar-refractivity contribution in [2.45, 2.75) is 0 Å². The van der Waals surface area contributed by atoms with Crippen molar-refractivity contribution in [3.8, 4) is 0 Å². The van der Waals surface area contributed by atoms with Gasteiger partial charge < -0.3 is 0 Å². The van der Waals surface area contributed by atoms with Crippen LogP contribution in [0.15, 0.2) is 42.0 Å². The van der Waals surface area contributed by atoms with Crippen LogP contribution in [0, 0.1) is 10.1 Å². The maximum absolute atomic E-state index is 12.1. The molecule has 0 atom stereocenters. The van der Waals surface area contributed by atoms with Crippen LogP contribution in [0.4, 0.5) is 5.69 Å². The van der Waals surface area contributed by atoms with E-state index in [0.717, 1.165) is 0 Å². The van der Waals surface area contributed by atoms with Crippen LogP contribution in [0.1, 0.15) is 5.56 Å². The summed E-state index contributed by atoms with van der Waals surface area (Å²) in [5.74, 6) is -1.02. The molecule has 7 nitrogen and oxygen atoms in total. The summed E-state index contributed by atoms with van der Waals surface area (Å²) in [6.45, 7) is 0. The number of nitro benzene ring substituents is 1. The first-order chi connectivity index (χ1) is 10.8. The van der Waals surface area contributed by atoms with Gasteiger partial charge in [0.15, 0.2) is 5.11 Å². The topological polar surface area (TPSA) is 83.8 Å². The Labute approximate surface area is 137 Å². The van der Waals surface area contributed by atoms with E-state index >= 15 is 0 Å². The maximum Gasteiger partial charge on any atom is 0.276 e. The number of benzene rings is 1. The smallest absolute Gasteiger partial charge is 0.276 e. The number of carbonyl (C=O) groups is 2. The summed E-state index contributed by atoms with van der Waals surface area (Å²) in [4.78, 5) is 37.0. The molecule has 118 valence electrons. The van der Waals surface area contributed by atoms with Gasteiger partial charge in [0.25, 0.3) is 17.5 Å². The lowest BCUT2D eigenvalue weighted by Gasteiger charge is -2.31. The zero-order valence-corrected chi connectivity index (χ0v) is 13.2. The SMILES string of the molecule is CN1C(=O)C(=CC=Cc2ccccc2[N+](=O)[O-])C(=O)N(C)C1=S. The number of allylic oxidation sites excluding steroid dienone is 2. The second-order valence-corrected chi connectivity index (χ2v) is 5.13. The molecule has 1 aliphatic heterocycles. The van der Waals surface area contributed by atoms with Gasteiger partial charge in [-0.1, -0.05) is 18.2 Å². The third-order valence-corrected chi connectivity index (χ3v) is 3.86. The van der Waals surface area contributed by atoms with Crippen molar-refractivity contribution in [1.82, 2.24) is 9.80 Å². The van der Waals surface area contributed by atoms with Crippen LogP contribution >= 0.6 is 12.2 Å². The lowest BCUT2D eigenvalue weighted by atomic mass is 10.1. The molecule has 1 aliphatic rings. The molecule has 0 radical (unpaired) electrons. The summed E-state index contributed by atoms with van der Waals surface area (Å²) in [7, 11) is 2.96. The molecule has 1 aromatic carbocycles. The van der Waals surface area contributed by atoms with Gasteiger partial charge in [-0.05, 0) is 30.4 Å². The molecule has 0 spiro atoms. The Morgan fingerprint density at radius 3 is 2.26 bits per heavy atom. The summed E-state index contributed by atoms with van der Waals surface area (Å²) in [5.41, 5.74) is 0.264. The number of hydrogen-bond acceptors (Lipinski definition) is 5. The average Bonchev–Trinajstić information content (AvgIpc) is 2.54. The molecular formula is C15H13N3O4S. The summed E-state index contributed by atoms with van der Waals surface area (Å²) in [6, 6.07) is 6.18. The monoisotopic (exact) mass is 331 g/mol. The quantitative estimate of drug-likeness (QED) is 0.277. The second kappa shape index (κ2) is 6.49. The van der Waals surface area contributed by atoms with E-state index < -0.39 is 16.7 Å². The predicted octanol–water partition coefficient (Wildman–Crippen LogP) is 1.75. The molecule has 2 rings (SSSR count). The summed E-state index contributed by atoms with van der Waals surface area (Å²) >= 11 is 4.98. The Bertz CT molecular complexity index is 744. The fourth-order valence-corrected chi connectivity index (χ4v) is 2.20. The molecule has 0 aliphatic carbocycles. The van der Waals surface area contributed by atoms with E-state index in [2.05, 4.69) is 0 Å². The number of likely N-dealkylation sites (N-methyl/N-ethyl adjacent to an activating group) is 2. The fraction of sp³-hybridized carbons (Fsp3) is 0.133. The minimum absolute atomic E-state index is 0.0566. The highest BCUT2D eigenvalue weighted by molar-refractivity contribution is 7.80. The Kier molecular flexibility index (Phi) is 4.65. The van der Waals surface area contributed by atoms with Crippen molar-refractivity contribution < 1.29 is 14.5 Å². The number of nitrogens with zero attached hydrogens (tertiary/aromatic N) is 3. The van der Waals surface area contributed by atoms with Gasteiger partial charge >= 0.3 is 0 Å². The lowest BCUT2D eigenvalue weighted by Crippen LogP contribution is -2.52. The van der Waals surface area contributed by atoms with E-state index in [-0.39, 0.29) is 16.4 Å². The molecule has 2 amide bonds. The van der Waals surface area contributed by atoms with Crippen molar-refractivity contribution in [1.29, 1.82) is 0 Å². The fourth-order valence-electron chi connectivity index (χ4n) is 2.04. The molecule has 1 saturated heterocycles. The number of carbonyl (C=O) groups excluding carboxylic acids is 2. The van der Waals surface area contributed by atoms with Crippen molar-refractivity contribution in [2.24, 2.45) is 0 Å². The van der Waals surface area contributed by atoms with E-state index in [9.17, 15) is 19.7 Å². The minimum atomic E-state index is -0.509. The Balaban J connectivity index is 2.32. The summed E-state index contributed by atoms with van der Waals surface area (Å²) < 4.78 is 0. The van der Waals surface area contributed by atoms with Crippen LogP contribution in [-0.4, -0.2) is 45.7 Å². The van der Waals surface area contributed by atoms with Crippen LogP contribution in [0.25, 0.3) is 6.08 Å². The first kappa shape index (κ1) is 16.5. The van der Waals surface area contributed by atoms with E-state index in [1.54, 1.807) is 18.2 Å². The number of amides is 2. The van der Waals surface area contributed by atoms with E-state index in [0.29, 0.717) is 5.56 Å². The molecule has 1 aromatic rings. The van der Waals surface area contributed by atoms with Crippen LogP contribution in [-0.2, 0) is 9.59 Å². The number of para-hydroxylation sites is 1. The Morgan fingerprint density at radius 1 is 1.13 bits per heavy atom. The molecule has 1 fully saturated rings. The van der Waals surface area contributed by atoms with Crippen molar-refractivity contribution >= 4 is 40.9 Å². The van der Waals surface area contributed by atoms with Gasteiger partial charge in [0, 0.05) is 20.2 Å². The van der Waals surface area contributed by atoms with E-state index in [1.165, 1.54) is 48.2 Å². The van der Waals surface area contributed by atoms with Crippen LogP contribution in [0.5, 0.6) is 0 Å². The first-order valence-corrected chi connectivity index (χ1v) is 6.97. The molecule has 0 N–H and O–H groups in total. The van der Waals surface area contributed by atoms with Crippen LogP contribution in [0.2, 0.25) is 0 Å². The van der Waals surface area contributed by atoms with Gasteiger partial charge in [0.1, 0.15) is 5.57 Å². The van der Waals surface area contributed by atoms with Gasteiger partial charge in [0.05, 0.1) is 10.5 Å². The lowest BCUT2D eigenvalue weighted by molar-refractivity contribution is -0.385. The van der Waals surface area contributed by atoms with E-state index in [4.69, 9.17) is 12.2 Å². The first-order valence-electron chi connectivity index (χ1n) is 6.56. The number of hydrogen-bond donors (Lipinski definition) is 0. The molecule has 23 heavy (non-hydrogen) atoms. The van der Waals surface area contributed by atoms with Crippen LogP contribution in [0.3, 0.4) is 0 Å². The third-order valence-electron chi connectivity index (χ3n) is 3.32. The van der Waals surface area contributed by atoms with Crippen molar-refractivity contribution in [3.63, 3.8) is 0 Å². The molecule has 0 saturated carbocycles. The second-order valence-electron chi connectivity index (χ2n) is 4.77. The maximum atomic E-state index is 12.1. The van der Waals surface area contributed by atoms with Gasteiger partial charge in [0.2, 0.25) is 0 Å². The number of rotatable bonds is 3. The van der Waals surface area contributed by atoms with Crippen molar-refractivity contribution in [2.75, 3.05) is 14.1 Å². The highest BCUT2D eigenvalue weighted by atomic mass is 32.1. The molecule has 1 heterocycles. The van der Waals surface area contributed by atoms with Crippen molar-refractivity contribution in [3.05, 3.63) is 57.7 Å². The van der Waals surface area contributed by atoms with Gasteiger partial charge in [-0.25, -0.2) is 0 Å². The average molecular weight is 331 g/mol.